The van der Waals surface area contributed by atoms with Gasteiger partial charge in [-0.25, -0.2) is 4.63 Å². The van der Waals surface area contributed by atoms with Crippen LogP contribution in [-0.2, 0) is 16.0 Å². The van der Waals surface area contributed by atoms with Crippen molar-refractivity contribution >= 4 is 11.8 Å². The van der Waals surface area contributed by atoms with Gasteiger partial charge in [0.25, 0.3) is 0 Å². The molecule has 0 unspecified atom stereocenters. The lowest BCUT2D eigenvalue weighted by Gasteiger charge is -2.14. The molecule has 1 fully saturated rings. The van der Waals surface area contributed by atoms with Crippen LogP contribution in [0.25, 0.3) is 0 Å². The molecule has 98 valence electrons. The molecular weight excluding hydrogens is 236 g/mol. The van der Waals surface area contributed by atoms with E-state index in [2.05, 4.69) is 20.3 Å². The lowest BCUT2D eigenvalue weighted by molar-refractivity contribution is -0.127. The van der Waals surface area contributed by atoms with Gasteiger partial charge in [0.15, 0.2) is 0 Å². The molecule has 2 amide bonds. The summed E-state index contributed by atoms with van der Waals surface area (Å²) in [6.07, 6.45) is 0.502. The second kappa shape index (κ2) is 5.16. The van der Waals surface area contributed by atoms with Gasteiger partial charge in [0, 0.05) is 19.5 Å². The molecular formula is C11H16N4O3. The van der Waals surface area contributed by atoms with E-state index >= 15 is 0 Å². The first-order valence-electron chi connectivity index (χ1n) is 5.95. The molecule has 2 rings (SSSR count). The van der Waals surface area contributed by atoms with Gasteiger partial charge in [0.05, 0.1) is 12.5 Å². The fraction of sp³-hybridized carbons (Fsp3) is 0.636. The highest BCUT2D eigenvalue weighted by molar-refractivity contribution is 5.83. The van der Waals surface area contributed by atoms with Crippen molar-refractivity contribution in [1.29, 1.82) is 0 Å². The molecule has 1 aliphatic heterocycles. The highest BCUT2D eigenvalue weighted by Crippen LogP contribution is 2.10. The largest absolute Gasteiger partial charge is 0.351 e. The van der Waals surface area contributed by atoms with Crippen LogP contribution in [0.2, 0.25) is 0 Å². The van der Waals surface area contributed by atoms with E-state index < -0.39 is 0 Å². The summed E-state index contributed by atoms with van der Waals surface area (Å²) in [4.78, 5) is 25.0. The Bertz CT molecular complexity index is 457. The van der Waals surface area contributed by atoms with Crippen LogP contribution in [0.4, 0.5) is 0 Å². The number of amides is 2. The van der Waals surface area contributed by atoms with Crippen LogP contribution in [0, 0.1) is 6.92 Å². The first-order valence-corrected chi connectivity index (χ1v) is 5.95. The number of likely N-dealkylation sites (tertiary alicyclic amines) is 1. The number of carbonyl (C=O) groups is 2. The summed E-state index contributed by atoms with van der Waals surface area (Å²) in [6.45, 7) is 4.91. The molecule has 18 heavy (non-hydrogen) atoms. The molecule has 0 saturated carbocycles. The maximum Gasteiger partial charge on any atom is 0.226 e. The van der Waals surface area contributed by atoms with Crippen molar-refractivity contribution in [3.63, 3.8) is 0 Å². The van der Waals surface area contributed by atoms with Crippen LogP contribution < -0.4 is 5.32 Å². The molecule has 7 heteroatoms. The summed E-state index contributed by atoms with van der Waals surface area (Å²) in [6, 6.07) is -0.106. The van der Waals surface area contributed by atoms with Crippen LogP contribution >= 0.6 is 0 Å². The van der Waals surface area contributed by atoms with Gasteiger partial charge in [-0.2, -0.15) is 0 Å². The third-order valence-corrected chi connectivity index (χ3v) is 3.04. The smallest absolute Gasteiger partial charge is 0.226 e. The quantitative estimate of drug-likeness (QED) is 0.791. The number of nitrogens with zero attached hydrogens (tertiary/aromatic N) is 3. The minimum absolute atomic E-state index is 0.0853. The number of hydrogen-bond acceptors (Lipinski definition) is 5. The summed E-state index contributed by atoms with van der Waals surface area (Å²) < 4.78 is 4.53. The number of aromatic nitrogens is 2. The molecule has 7 nitrogen and oxygen atoms in total. The first-order chi connectivity index (χ1) is 8.60. The first kappa shape index (κ1) is 12.5. The lowest BCUT2D eigenvalue weighted by atomic mass is 10.2. The average molecular weight is 252 g/mol. The van der Waals surface area contributed by atoms with Gasteiger partial charge in [0.1, 0.15) is 11.4 Å². The summed E-state index contributed by atoms with van der Waals surface area (Å²) in [5.74, 6) is -0.0772. The second-order valence-corrected chi connectivity index (χ2v) is 4.37. The molecule has 1 N–H and O–H groups in total. The van der Waals surface area contributed by atoms with Crippen LogP contribution in [0.15, 0.2) is 4.63 Å². The van der Waals surface area contributed by atoms with Crippen LogP contribution in [0.3, 0.4) is 0 Å². The molecule has 1 aliphatic rings. The molecule has 1 aromatic heterocycles. The predicted octanol–water partition coefficient (Wildman–Crippen LogP) is -0.342. The van der Waals surface area contributed by atoms with Crippen molar-refractivity contribution in [2.75, 3.05) is 13.1 Å². The highest BCUT2D eigenvalue weighted by atomic mass is 16.6. The zero-order chi connectivity index (χ0) is 13.1. The van der Waals surface area contributed by atoms with Crippen LogP contribution in [0.5, 0.6) is 0 Å². The Morgan fingerprint density at radius 2 is 2.33 bits per heavy atom. The number of hydrogen-bond donors (Lipinski definition) is 1. The minimum Gasteiger partial charge on any atom is -0.351 e. The minimum atomic E-state index is -0.162. The highest BCUT2D eigenvalue weighted by Gasteiger charge is 2.29. The molecule has 0 aromatic carbocycles. The third-order valence-electron chi connectivity index (χ3n) is 3.04. The number of likely N-dealkylation sites (N-methyl/N-ethyl adjacent to an activating group) is 1. The van der Waals surface area contributed by atoms with Gasteiger partial charge >= 0.3 is 0 Å². The Labute approximate surface area is 104 Å². The van der Waals surface area contributed by atoms with Gasteiger partial charge in [0.2, 0.25) is 11.8 Å². The van der Waals surface area contributed by atoms with E-state index in [1.165, 1.54) is 0 Å². The SMILES string of the molecule is CCN1C[C@@H](NC(=O)Cc2nonc2C)CC1=O. The fourth-order valence-electron chi connectivity index (χ4n) is 2.02. The maximum absolute atomic E-state index is 11.8. The molecule has 0 bridgehead atoms. The van der Waals surface area contributed by atoms with Gasteiger partial charge in [-0.1, -0.05) is 10.3 Å². The molecule has 0 aliphatic carbocycles. The number of carbonyl (C=O) groups excluding carboxylic acids is 2. The van der Waals surface area contributed by atoms with Crippen LogP contribution in [0.1, 0.15) is 24.7 Å². The fourth-order valence-corrected chi connectivity index (χ4v) is 2.02. The Hall–Kier alpha value is -1.92. The van der Waals surface area contributed by atoms with E-state index in [-0.39, 0.29) is 24.3 Å². The van der Waals surface area contributed by atoms with Gasteiger partial charge in [-0.05, 0) is 13.8 Å². The summed E-state index contributed by atoms with van der Waals surface area (Å²) in [5, 5.41) is 10.1. The van der Waals surface area contributed by atoms with Crippen molar-refractivity contribution in [2.24, 2.45) is 0 Å². The van der Waals surface area contributed by atoms with E-state index in [1.54, 1.807) is 11.8 Å². The number of aryl methyl sites for hydroxylation is 1. The summed E-state index contributed by atoms with van der Waals surface area (Å²) >= 11 is 0. The molecule has 0 spiro atoms. The van der Waals surface area contributed by atoms with Gasteiger partial charge < -0.3 is 10.2 Å². The maximum atomic E-state index is 11.8. The Morgan fingerprint density at radius 3 is 2.89 bits per heavy atom. The predicted molar refractivity (Wildman–Crippen MR) is 61.5 cm³/mol. The number of nitrogens with one attached hydrogen (secondary N) is 1. The standard InChI is InChI=1S/C11H16N4O3/c1-3-15-6-8(4-11(15)17)12-10(16)5-9-7(2)13-18-14-9/h8H,3-6H2,1-2H3,(H,12,16)/t8-/m0/s1. The zero-order valence-corrected chi connectivity index (χ0v) is 10.5. The molecule has 0 radical (unpaired) electrons. The molecule has 1 saturated heterocycles. The van der Waals surface area contributed by atoms with Crippen molar-refractivity contribution < 1.29 is 14.2 Å². The molecule has 2 heterocycles. The van der Waals surface area contributed by atoms with Gasteiger partial charge in [-0.15, -0.1) is 0 Å². The number of rotatable bonds is 4. The normalized spacial score (nSPS) is 19.3. The Balaban J connectivity index is 1.86. The van der Waals surface area contributed by atoms with E-state index in [0.717, 1.165) is 0 Å². The van der Waals surface area contributed by atoms with E-state index in [4.69, 9.17) is 0 Å². The lowest BCUT2D eigenvalue weighted by Crippen LogP contribution is -2.38. The average Bonchev–Trinajstić information content (AvgIpc) is 2.86. The summed E-state index contributed by atoms with van der Waals surface area (Å²) in [5.41, 5.74) is 1.15. The second-order valence-electron chi connectivity index (χ2n) is 4.37. The van der Waals surface area contributed by atoms with Gasteiger partial charge in [-0.3, -0.25) is 9.59 Å². The van der Waals surface area contributed by atoms with Crippen LogP contribution in [-0.4, -0.2) is 46.2 Å². The van der Waals surface area contributed by atoms with E-state index in [9.17, 15) is 9.59 Å². The summed E-state index contributed by atoms with van der Waals surface area (Å²) in [7, 11) is 0. The van der Waals surface area contributed by atoms with E-state index in [1.807, 2.05) is 6.92 Å². The van der Waals surface area contributed by atoms with E-state index in [0.29, 0.717) is 30.9 Å². The Morgan fingerprint density at radius 1 is 1.56 bits per heavy atom. The van der Waals surface area contributed by atoms with Crippen molar-refractivity contribution in [3.8, 4) is 0 Å². The topological polar surface area (TPSA) is 88.3 Å². The van der Waals surface area contributed by atoms with Crippen molar-refractivity contribution in [3.05, 3.63) is 11.4 Å². The molecule has 1 aromatic rings. The molecule has 1 atom stereocenters. The third kappa shape index (κ3) is 2.66. The zero-order valence-electron chi connectivity index (χ0n) is 10.5. The monoisotopic (exact) mass is 252 g/mol. The van der Waals surface area contributed by atoms with Crippen molar-refractivity contribution in [2.45, 2.75) is 32.7 Å². The van der Waals surface area contributed by atoms with Crippen molar-refractivity contribution in [1.82, 2.24) is 20.5 Å². The Kier molecular flexibility index (Phi) is 3.59.